The molecule has 32 heavy (non-hydrogen) atoms. The average Bonchev–Trinajstić information content (AvgIpc) is 3.38. The van der Waals surface area contributed by atoms with Crippen LogP contribution in [0.1, 0.15) is 36.7 Å². The Balaban J connectivity index is 1.81. The van der Waals surface area contributed by atoms with Gasteiger partial charge in [-0.1, -0.05) is 36.4 Å². The highest BCUT2D eigenvalue weighted by atomic mass is 16.6. The van der Waals surface area contributed by atoms with Gasteiger partial charge in [-0.3, -0.25) is 4.90 Å². The Kier molecular flexibility index (Phi) is 5.09. The summed E-state index contributed by atoms with van der Waals surface area (Å²) in [5.74, 6) is 0. The Morgan fingerprint density at radius 1 is 0.969 bits per heavy atom. The Hall–Kier alpha value is -3.74. The smallest absolute Gasteiger partial charge is 0.418 e. The van der Waals surface area contributed by atoms with Gasteiger partial charge in [-0.05, 0) is 38.0 Å². The van der Waals surface area contributed by atoms with E-state index < -0.39 is 18.2 Å². The molecule has 7 heteroatoms. The SMILES string of the molecule is CCOC(=O)N1CCc2c(n(C(=O)OCC)c3ccccc23)C1c1c[nH]c2ccccc12. The van der Waals surface area contributed by atoms with Crippen LogP contribution in [0.3, 0.4) is 0 Å². The summed E-state index contributed by atoms with van der Waals surface area (Å²) >= 11 is 0. The Morgan fingerprint density at radius 2 is 1.66 bits per heavy atom. The first kappa shape index (κ1) is 20.2. The highest BCUT2D eigenvalue weighted by Gasteiger charge is 2.39. The number of amides is 1. The summed E-state index contributed by atoms with van der Waals surface area (Å²) in [5.41, 5.74) is 4.49. The minimum absolute atomic E-state index is 0.263. The van der Waals surface area contributed by atoms with Crippen LogP contribution in [0.4, 0.5) is 9.59 Å². The third-order valence-corrected chi connectivity index (χ3v) is 6.06. The zero-order chi connectivity index (χ0) is 22.2. The highest BCUT2D eigenvalue weighted by Crippen LogP contribution is 2.43. The molecule has 164 valence electrons. The molecule has 0 spiro atoms. The summed E-state index contributed by atoms with van der Waals surface area (Å²) in [5, 5.41) is 2.00. The van der Waals surface area contributed by atoms with Crippen molar-refractivity contribution in [1.29, 1.82) is 0 Å². The second-order valence-corrected chi connectivity index (χ2v) is 7.75. The van der Waals surface area contributed by atoms with E-state index in [1.165, 1.54) is 0 Å². The molecule has 3 heterocycles. The van der Waals surface area contributed by atoms with Crippen molar-refractivity contribution in [1.82, 2.24) is 14.5 Å². The quantitative estimate of drug-likeness (QED) is 0.482. The predicted molar refractivity (Wildman–Crippen MR) is 122 cm³/mol. The van der Waals surface area contributed by atoms with Crippen molar-refractivity contribution < 1.29 is 19.1 Å². The van der Waals surface area contributed by atoms with Crippen LogP contribution in [-0.2, 0) is 15.9 Å². The fourth-order valence-corrected chi connectivity index (χ4v) is 4.81. The number of hydrogen-bond donors (Lipinski definition) is 1. The molecule has 1 amide bonds. The van der Waals surface area contributed by atoms with Crippen molar-refractivity contribution in [3.63, 3.8) is 0 Å². The largest absolute Gasteiger partial charge is 0.450 e. The van der Waals surface area contributed by atoms with Crippen molar-refractivity contribution >= 4 is 34.0 Å². The second kappa shape index (κ2) is 8.07. The predicted octanol–water partition coefficient (Wildman–Crippen LogP) is 5.23. The molecule has 0 bridgehead atoms. The first-order valence-electron chi connectivity index (χ1n) is 10.9. The van der Waals surface area contributed by atoms with E-state index in [4.69, 9.17) is 9.47 Å². The van der Waals surface area contributed by atoms with Crippen molar-refractivity contribution in [3.05, 3.63) is 71.5 Å². The van der Waals surface area contributed by atoms with E-state index in [1.54, 1.807) is 23.3 Å². The summed E-state index contributed by atoms with van der Waals surface area (Å²) in [6.45, 7) is 4.62. The minimum Gasteiger partial charge on any atom is -0.450 e. The standard InChI is InChI=1S/C25H25N3O4/c1-3-31-24(29)27-14-13-18-17-10-6-8-12-21(17)28(25(30)32-4-2)23(18)22(27)19-15-26-20-11-7-5-9-16(19)20/h5-12,15,22,26H,3-4,13-14H2,1-2H3. The Labute approximate surface area is 185 Å². The summed E-state index contributed by atoms with van der Waals surface area (Å²) in [6.07, 6.45) is 1.71. The third-order valence-electron chi connectivity index (χ3n) is 6.06. The molecule has 7 nitrogen and oxygen atoms in total. The summed E-state index contributed by atoms with van der Waals surface area (Å²) in [6, 6.07) is 15.3. The van der Waals surface area contributed by atoms with E-state index in [2.05, 4.69) is 4.98 Å². The third kappa shape index (κ3) is 3.04. The van der Waals surface area contributed by atoms with Gasteiger partial charge in [0.25, 0.3) is 0 Å². The molecule has 0 aliphatic carbocycles. The monoisotopic (exact) mass is 431 g/mol. The fraction of sp³-hybridized carbons (Fsp3) is 0.280. The number of aromatic nitrogens is 2. The molecule has 0 saturated heterocycles. The maximum absolute atomic E-state index is 13.2. The zero-order valence-corrected chi connectivity index (χ0v) is 18.1. The molecular formula is C25H25N3O4. The maximum Gasteiger partial charge on any atom is 0.418 e. The number of nitrogens with zero attached hydrogens (tertiary/aromatic N) is 2. The van der Waals surface area contributed by atoms with E-state index in [1.807, 2.05) is 54.7 Å². The number of aromatic amines is 1. The lowest BCUT2D eigenvalue weighted by atomic mass is 9.92. The number of H-pyrrole nitrogens is 1. The molecule has 1 unspecified atom stereocenters. The molecule has 2 aromatic heterocycles. The van der Waals surface area contributed by atoms with Gasteiger partial charge in [0.15, 0.2) is 0 Å². The molecule has 1 aliphatic rings. The lowest BCUT2D eigenvalue weighted by Crippen LogP contribution is -2.42. The Bertz CT molecular complexity index is 1320. The van der Waals surface area contributed by atoms with E-state index >= 15 is 0 Å². The number of para-hydroxylation sites is 2. The highest BCUT2D eigenvalue weighted by molar-refractivity contribution is 5.95. The topological polar surface area (TPSA) is 76.6 Å². The normalized spacial score (nSPS) is 15.7. The number of nitrogens with one attached hydrogen (secondary N) is 1. The van der Waals surface area contributed by atoms with E-state index in [9.17, 15) is 9.59 Å². The molecule has 1 atom stereocenters. The fourth-order valence-electron chi connectivity index (χ4n) is 4.81. The van der Waals surface area contributed by atoms with Crippen LogP contribution in [0.2, 0.25) is 0 Å². The van der Waals surface area contributed by atoms with Gasteiger partial charge >= 0.3 is 12.2 Å². The second-order valence-electron chi connectivity index (χ2n) is 7.75. The lowest BCUT2D eigenvalue weighted by molar-refractivity contribution is 0.0919. The lowest BCUT2D eigenvalue weighted by Gasteiger charge is -2.36. The summed E-state index contributed by atoms with van der Waals surface area (Å²) in [7, 11) is 0. The van der Waals surface area contributed by atoms with E-state index in [-0.39, 0.29) is 13.2 Å². The van der Waals surface area contributed by atoms with Gasteiger partial charge in [-0.15, -0.1) is 0 Å². The number of benzene rings is 2. The van der Waals surface area contributed by atoms with Crippen molar-refractivity contribution in [3.8, 4) is 0 Å². The van der Waals surface area contributed by atoms with Crippen LogP contribution in [-0.4, -0.2) is 46.4 Å². The molecule has 0 radical (unpaired) electrons. The van der Waals surface area contributed by atoms with Gasteiger partial charge in [-0.2, -0.15) is 0 Å². The molecule has 2 aromatic carbocycles. The number of carbonyl (C=O) groups is 2. The molecule has 1 aliphatic heterocycles. The molecular weight excluding hydrogens is 406 g/mol. The number of ether oxygens (including phenoxy) is 2. The van der Waals surface area contributed by atoms with Crippen molar-refractivity contribution in [2.75, 3.05) is 19.8 Å². The van der Waals surface area contributed by atoms with Gasteiger partial charge < -0.3 is 14.5 Å². The van der Waals surface area contributed by atoms with E-state index in [0.717, 1.165) is 38.6 Å². The van der Waals surface area contributed by atoms with Gasteiger partial charge in [0.2, 0.25) is 0 Å². The average molecular weight is 431 g/mol. The van der Waals surface area contributed by atoms with Crippen LogP contribution in [0.5, 0.6) is 0 Å². The zero-order valence-electron chi connectivity index (χ0n) is 18.1. The van der Waals surface area contributed by atoms with Gasteiger partial charge in [0.1, 0.15) is 6.04 Å². The molecule has 0 fully saturated rings. The van der Waals surface area contributed by atoms with Crippen molar-refractivity contribution in [2.24, 2.45) is 0 Å². The van der Waals surface area contributed by atoms with Crippen molar-refractivity contribution in [2.45, 2.75) is 26.3 Å². The van der Waals surface area contributed by atoms with Crippen LogP contribution in [0.25, 0.3) is 21.8 Å². The number of fused-ring (bicyclic) bond motifs is 4. The van der Waals surface area contributed by atoms with E-state index in [0.29, 0.717) is 13.0 Å². The molecule has 1 N–H and O–H groups in total. The molecule has 4 aromatic rings. The minimum atomic E-state index is -0.495. The van der Waals surface area contributed by atoms with Crippen LogP contribution >= 0.6 is 0 Å². The summed E-state index contributed by atoms with van der Waals surface area (Å²) in [4.78, 5) is 31.2. The Morgan fingerprint density at radius 3 is 2.44 bits per heavy atom. The van der Waals surface area contributed by atoms with Crippen LogP contribution in [0, 0.1) is 0 Å². The number of carbonyl (C=O) groups excluding carboxylic acids is 2. The van der Waals surface area contributed by atoms with Crippen LogP contribution < -0.4 is 0 Å². The van der Waals surface area contributed by atoms with Gasteiger partial charge in [-0.25, -0.2) is 14.2 Å². The molecule has 5 rings (SSSR count). The van der Waals surface area contributed by atoms with Gasteiger partial charge in [0, 0.05) is 34.6 Å². The van der Waals surface area contributed by atoms with Crippen LogP contribution in [0.15, 0.2) is 54.7 Å². The first-order chi connectivity index (χ1) is 15.7. The number of hydrogen-bond acceptors (Lipinski definition) is 4. The summed E-state index contributed by atoms with van der Waals surface area (Å²) < 4.78 is 12.5. The number of rotatable bonds is 3. The van der Waals surface area contributed by atoms with Gasteiger partial charge in [0.05, 0.1) is 24.4 Å². The maximum atomic E-state index is 13.2. The molecule has 0 saturated carbocycles. The first-order valence-corrected chi connectivity index (χ1v) is 10.9.